The predicted molar refractivity (Wildman–Crippen MR) is 106 cm³/mol. The van der Waals surface area contributed by atoms with Gasteiger partial charge in [-0.2, -0.15) is 5.26 Å². The number of ether oxygens (including phenoxy) is 2. The molecule has 0 saturated carbocycles. The number of phenols is 1. The zero-order valence-electron chi connectivity index (χ0n) is 15.5. The summed E-state index contributed by atoms with van der Waals surface area (Å²) in [5.74, 6) is -0.248. The molecular formula is C21H21N3O4. The van der Waals surface area contributed by atoms with Crippen molar-refractivity contribution in [2.24, 2.45) is 0 Å². The first kappa shape index (κ1) is 19.3. The Labute approximate surface area is 163 Å². The highest BCUT2D eigenvalue weighted by Gasteiger charge is 2.13. The fourth-order valence-electron chi connectivity index (χ4n) is 2.87. The summed E-state index contributed by atoms with van der Waals surface area (Å²) in [5, 5.41) is 21.7. The lowest BCUT2D eigenvalue weighted by Gasteiger charge is -2.28. The quantitative estimate of drug-likeness (QED) is 0.613. The number of rotatable bonds is 5. The molecule has 0 radical (unpaired) electrons. The van der Waals surface area contributed by atoms with Crippen molar-refractivity contribution in [1.82, 2.24) is 0 Å². The fraction of sp³-hybridized carbons (Fsp3) is 0.238. The summed E-state index contributed by atoms with van der Waals surface area (Å²) < 4.78 is 10.4. The smallest absolute Gasteiger partial charge is 0.266 e. The van der Waals surface area contributed by atoms with Crippen molar-refractivity contribution in [1.29, 1.82) is 5.26 Å². The Balaban J connectivity index is 1.71. The third-order valence-electron chi connectivity index (χ3n) is 4.38. The highest BCUT2D eigenvalue weighted by Crippen LogP contribution is 2.27. The number of nitrogens with one attached hydrogen (secondary N) is 1. The maximum atomic E-state index is 12.4. The van der Waals surface area contributed by atoms with Gasteiger partial charge in [0, 0.05) is 24.5 Å². The van der Waals surface area contributed by atoms with Gasteiger partial charge in [0.05, 0.1) is 20.3 Å². The van der Waals surface area contributed by atoms with Crippen molar-refractivity contribution in [2.75, 3.05) is 43.6 Å². The number of nitrogens with zero attached hydrogens (tertiary/aromatic N) is 2. The third-order valence-corrected chi connectivity index (χ3v) is 4.38. The molecule has 0 spiro atoms. The molecule has 1 fully saturated rings. The Morgan fingerprint density at radius 1 is 1.25 bits per heavy atom. The van der Waals surface area contributed by atoms with E-state index < -0.39 is 5.91 Å². The van der Waals surface area contributed by atoms with Crippen LogP contribution in [0.4, 0.5) is 11.4 Å². The van der Waals surface area contributed by atoms with Gasteiger partial charge in [0.15, 0.2) is 11.5 Å². The summed E-state index contributed by atoms with van der Waals surface area (Å²) >= 11 is 0. The van der Waals surface area contributed by atoms with Gasteiger partial charge in [0.2, 0.25) is 0 Å². The molecule has 144 valence electrons. The molecule has 0 aromatic heterocycles. The van der Waals surface area contributed by atoms with Crippen molar-refractivity contribution in [3.63, 3.8) is 0 Å². The van der Waals surface area contributed by atoms with Gasteiger partial charge in [-0.05, 0) is 48.0 Å². The molecule has 0 bridgehead atoms. The maximum Gasteiger partial charge on any atom is 0.266 e. The van der Waals surface area contributed by atoms with Crippen LogP contribution in [-0.2, 0) is 9.53 Å². The number of hydrogen-bond donors (Lipinski definition) is 2. The minimum Gasteiger partial charge on any atom is -0.504 e. The molecule has 3 rings (SSSR count). The Morgan fingerprint density at radius 2 is 1.96 bits per heavy atom. The lowest BCUT2D eigenvalue weighted by atomic mass is 10.1. The van der Waals surface area contributed by atoms with Crippen LogP contribution in [0.25, 0.3) is 6.08 Å². The van der Waals surface area contributed by atoms with Crippen LogP contribution in [0.1, 0.15) is 5.56 Å². The number of nitriles is 1. The van der Waals surface area contributed by atoms with Crippen molar-refractivity contribution in [2.45, 2.75) is 0 Å². The van der Waals surface area contributed by atoms with Crippen LogP contribution in [0.3, 0.4) is 0 Å². The summed E-state index contributed by atoms with van der Waals surface area (Å²) in [5.41, 5.74) is 2.19. The average molecular weight is 379 g/mol. The molecule has 1 aliphatic rings. The fourth-order valence-corrected chi connectivity index (χ4v) is 2.87. The second kappa shape index (κ2) is 8.93. The Morgan fingerprint density at radius 3 is 2.61 bits per heavy atom. The van der Waals surface area contributed by atoms with Crippen LogP contribution in [0.2, 0.25) is 0 Å². The van der Waals surface area contributed by atoms with E-state index in [-0.39, 0.29) is 17.1 Å². The third kappa shape index (κ3) is 4.61. The molecule has 0 atom stereocenters. The summed E-state index contributed by atoms with van der Waals surface area (Å²) in [6, 6.07) is 14.0. The molecule has 2 N–H and O–H groups in total. The van der Waals surface area contributed by atoms with Gasteiger partial charge in [-0.3, -0.25) is 4.79 Å². The minimum atomic E-state index is -0.506. The topological polar surface area (TPSA) is 94.8 Å². The second-order valence-electron chi connectivity index (χ2n) is 6.20. The molecule has 1 heterocycles. The average Bonchev–Trinajstić information content (AvgIpc) is 2.74. The van der Waals surface area contributed by atoms with E-state index in [1.165, 1.54) is 19.3 Å². The maximum absolute atomic E-state index is 12.4. The van der Waals surface area contributed by atoms with Gasteiger partial charge in [0.1, 0.15) is 11.6 Å². The van der Waals surface area contributed by atoms with Crippen molar-refractivity contribution in [3.05, 3.63) is 53.6 Å². The standard InChI is InChI=1S/C21H21N3O4/c1-27-20-13-15(2-7-19(20)25)12-16(14-22)21(26)23-17-3-5-18(6-4-17)24-8-10-28-11-9-24/h2-7,12-13,25H,8-11H2,1H3,(H,23,26)/b16-12+. The van der Waals surface area contributed by atoms with Gasteiger partial charge in [0.25, 0.3) is 5.91 Å². The number of amides is 1. The van der Waals surface area contributed by atoms with E-state index >= 15 is 0 Å². The van der Waals surface area contributed by atoms with Gasteiger partial charge < -0.3 is 24.8 Å². The number of morpholine rings is 1. The first-order valence-corrected chi connectivity index (χ1v) is 8.83. The summed E-state index contributed by atoms with van der Waals surface area (Å²) in [4.78, 5) is 14.7. The van der Waals surface area contributed by atoms with Crippen molar-refractivity contribution < 1.29 is 19.4 Å². The first-order chi connectivity index (χ1) is 13.6. The van der Waals surface area contributed by atoms with E-state index in [0.717, 1.165) is 18.8 Å². The molecular weight excluding hydrogens is 358 g/mol. The van der Waals surface area contributed by atoms with Crippen LogP contribution >= 0.6 is 0 Å². The van der Waals surface area contributed by atoms with Crippen molar-refractivity contribution >= 4 is 23.4 Å². The molecule has 7 heteroatoms. The number of carbonyl (C=O) groups is 1. The Kier molecular flexibility index (Phi) is 6.14. The second-order valence-corrected chi connectivity index (χ2v) is 6.20. The number of anilines is 2. The molecule has 2 aromatic carbocycles. The van der Waals surface area contributed by atoms with Crippen molar-refractivity contribution in [3.8, 4) is 17.6 Å². The van der Waals surface area contributed by atoms with E-state index in [1.54, 1.807) is 24.3 Å². The molecule has 2 aromatic rings. The largest absolute Gasteiger partial charge is 0.504 e. The number of aromatic hydroxyl groups is 1. The predicted octanol–water partition coefficient (Wildman–Crippen LogP) is 2.78. The van der Waals surface area contributed by atoms with Crippen LogP contribution in [0.15, 0.2) is 48.0 Å². The van der Waals surface area contributed by atoms with E-state index in [2.05, 4.69) is 10.2 Å². The lowest BCUT2D eigenvalue weighted by Crippen LogP contribution is -2.36. The van der Waals surface area contributed by atoms with Gasteiger partial charge in [-0.15, -0.1) is 0 Å². The van der Waals surface area contributed by atoms with Crippen LogP contribution in [0.5, 0.6) is 11.5 Å². The zero-order chi connectivity index (χ0) is 19.9. The Hall–Kier alpha value is -3.50. The lowest BCUT2D eigenvalue weighted by molar-refractivity contribution is -0.112. The monoisotopic (exact) mass is 379 g/mol. The molecule has 1 amide bonds. The summed E-state index contributed by atoms with van der Waals surface area (Å²) in [6.45, 7) is 3.08. The number of carbonyl (C=O) groups excluding carboxylic acids is 1. The molecule has 0 aliphatic carbocycles. The molecule has 1 saturated heterocycles. The number of phenolic OH excluding ortho intramolecular Hbond substituents is 1. The minimum absolute atomic E-state index is 0.0111. The molecule has 1 aliphatic heterocycles. The molecule has 0 unspecified atom stereocenters. The SMILES string of the molecule is COc1cc(/C=C(\C#N)C(=O)Nc2ccc(N3CCOCC3)cc2)ccc1O. The zero-order valence-corrected chi connectivity index (χ0v) is 15.5. The van der Waals surface area contributed by atoms with Gasteiger partial charge >= 0.3 is 0 Å². The highest BCUT2D eigenvalue weighted by molar-refractivity contribution is 6.09. The molecule has 7 nitrogen and oxygen atoms in total. The van der Waals surface area contributed by atoms with Crippen LogP contribution in [-0.4, -0.2) is 44.4 Å². The van der Waals surface area contributed by atoms with Gasteiger partial charge in [-0.1, -0.05) is 6.07 Å². The summed E-state index contributed by atoms with van der Waals surface area (Å²) in [6.07, 6.45) is 1.44. The number of hydrogen-bond acceptors (Lipinski definition) is 6. The van der Waals surface area contributed by atoms with E-state index in [0.29, 0.717) is 24.5 Å². The summed E-state index contributed by atoms with van der Waals surface area (Å²) in [7, 11) is 1.43. The van der Waals surface area contributed by atoms with E-state index in [4.69, 9.17) is 9.47 Å². The molecule has 28 heavy (non-hydrogen) atoms. The van der Waals surface area contributed by atoms with E-state index in [9.17, 15) is 15.2 Å². The van der Waals surface area contributed by atoms with Gasteiger partial charge in [-0.25, -0.2) is 0 Å². The van der Waals surface area contributed by atoms with E-state index in [1.807, 2.05) is 18.2 Å². The first-order valence-electron chi connectivity index (χ1n) is 8.83. The Bertz CT molecular complexity index is 910. The van der Waals surface area contributed by atoms with Crippen LogP contribution in [0, 0.1) is 11.3 Å². The number of benzene rings is 2. The normalized spacial score (nSPS) is 14.3. The number of methoxy groups -OCH3 is 1. The highest BCUT2D eigenvalue weighted by atomic mass is 16.5. The van der Waals surface area contributed by atoms with Crippen LogP contribution < -0.4 is 15.0 Å².